The highest BCUT2D eigenvalue weighted by atomic mass is 35.5. The number of hydrogen-bond donors (Lipinski definition) is 1. The third kappa shape index (κ3) is 8.68. The Morgan fingerprint density at radius 1 is 0.950 bits per heavy atom. The minimum absolute atomic E-state index is 0.0181. The number of nitrogens with one attached hydrogen (secondary N) is 1. The molecule has 3 rings (SSSR count). The van der Waals surface area contributed by atoms with E-state index in [4.69, 9.17) is 23.2 Å². The Labute approximate surface area is 244 Å². The van der Waals surface area contributed by atoms with E-state index >= 15 is 0 Å². The zero-order chi connectivity index (χ0) is 29.4. The number of nitrogens with zero attached hydrogens (tertiary/aromatic N) is 2. The second-order valence-electron chi connectivity index (χ2n) is 9.82. The van der Waals surface area contributed by atoms with Gasteiger partial charge in [-0.25, -0.2) is 12.8 Å². The molecule has 11 heteroatoms. The Bertz CT molecular complexity index is 1420. The summed E-state index contributed by atoms with van der Waals surface area (Å²) in [5.41, 5.74) is 1.18. The Hall–Kier alpha value is -3.14. The highest BCUT2D eigenvalue weighted by Gasteiger charge is 2.33. The first kappa shape index (κ1) is 31.4. The predicted octanol–water partition coefficient (Wildman–Crippen LogP) is 5.31. The van der Waals surface area contributed by atoms with Crippen molar-refractivity contribution in [3.8, 4) is 0 Å². The molecule has 0 aliphatic carbocycles. The molecular formula is C29H32Cl2FN3O4S. The summed E-state index contributed by atoms with van der Waals surface area (Å²) < 4.78 is 40.3. The van der Waals surface area contributed by atoms with Gasteiger partial charge >= 0.3 is 0 Å². The van der Waals surface area contributed by atoms with E-state index < -0.39 is 40.2 Å². The van der Waals surface area contributed by atoms with Gasteiger partial charge in [-0.2, -0.15) is 0 Å². The zero-order valence-corrected chi connectivity index (χ0v) is 24.8. The summed E-state index contributed by atoms with van der Waals surface area (Å²) >= 11 is 12.9. The van der Waals surface area contributed by atoms with Crippen LogP contribution >= 0.6 is 23.2 Å². The van der Waals surface area contributed by atoms with E-state index in [-0.39, 0.29) is 34.6 Å². The monoisotopic (exact) mass is 607 g/mol. The van der Waals surface area contributed by atoms with E-state index in [0.717, 1.165) is 22.2 Å². The maximum Gasteiger partial charge on any atom is 0.244 e. The van der Waals surface area contributed by atoms with E-state index in [1.54, 1.807) is 18.2 Å². The van der Waals surface area contributed by atoms with Gasteiger partial charge in [0, 0.05) is 35.1 Å². The fraction of sp³-hybridized carbons (Fsp3) is 0.310. The summed E-state index contributed by atoms with van der Waals surface area (Å²) in [4.78, 5) is 28.9. The molecule has 0 aromatic heterocycles. The fourth-order valence-electron chi connectivity index (χ4n) is 4.08. The number of benzene rings is 3. The third-order valence-corrected chi connectivity index (χ3v) is 7.97. The van der Waals surface area contributed by atoms with Crippen molar-refractivity contribution in [2.75, 3.05) is 23.7 Å². The van der Waals surface area contributed by atoms with E-state index in [2.05, 4.69) is 5.32 Å². The number of halogens is 3. The van der Waals surface area contributed by atoms with Crippen molar-refractivity contribution in [1.29, 1.82) is 0 Å². The van der Waals surface area contributed by atoms with Crippen LogP contribution in [0.5, 0.6) is 0 Å². The van der Waals surface area contributed by atoms with Gasteiger partial charge in [0.15, 0.2) is 0 Å². The molecule has 1 atom stereocenters. The van der Waals surface area contributed by atoms with Crippen LogP contribution in [0.3, 0.4) is 0 Å². The molecule has 2 amide bonds. The van der Waals surface area contributed by atoms with Gasteiger partial charge in [-0.05, 0) is 41.8 Å². The summed E-state index contributed by atoms with van der Waals surface area (Å²) in [7, 11) is -4.01. The summed E-state index contributed by atoms with van der Waals surface area (Å²) in [6, 6.07) is 18.0. The quantitative estimate of drug-likeness (QED) is 0.302. The van der Waals surface area contributed by atoms with Crippen LogP contribution in [0.2, 0.25) is 10.0 Å². The molecule has 0 fully saturated rings. The van der Waals surface area contributed by atoms with Crippen molar-refractivity contribution < 1.29 is 22.4 Å². The molecule has 0 aliphatic heterocycles. The second kappa shape index (κ2) is 14.0. The highest BCUT2D eigenvalue weighted by molar-refractivity contribution is 7.92. The Kier molecular flexibility index (Phi) is 11.0. The maximum absolute atomic E-state index is 14.0. The first-order valence-corrected chi connectivity index (χ1v) is 15.2. The van der Waals surface area contributed by atoms with E-state index in [1.165, 1.54) is 23.1 Å². The first-order valence-electron chi connectivity index (χ1n) is 12.6. The molecule has 0 spiro atoms. The summed E-state index contributed by atoms with van der Waals surface area (Å²) in [5.74, 6) is -1.61. The molecule has 0 saturated carbocycles. The zero-order valence-electron chi connectivity index (χ0n) is 22.5. The molecule has 40 heavy (non-hydrogen) atoms. The average Bonchev–Trinajstić information content (AvgIpc) is 2.89. The maximum atomic E-state index is 14.0. The number of carbonyl (C=O) groups excluding carboxylic acids is 2. The van der Waals surface area contributed by atoms with Crippen LogP contribution in [0.1, 0.15) is 25.0 Å². The van der Waals surface area contributed by atoms with Gasteiger partial charge in [-0.15, -0.1) is 0 Å². The number of hydrogen-bond acceptors (Lipinski definition) is 4. The van der Waals surface area contributed by atoms with Gasteiger partial charge < -0.3 is 10.2 Å². The molecule has 214 valence electrons. The molecule has 0 heterocycles. The van der Waals surface area contributed by atoms with Crippen molar-refractivity contribution in [1.82, 2.24) is 10.2 Å². The number of sulfonamides is 1. The molecule has 7 nitrogen and oxygen atoms in total. The van der Waals surface area contributed by atoms with Crippen LogP contribution < -0.4 is 9.62 Å². The molecule has 3 aromatic rings. The molecule has 0 unspecified atom stereocenters. The van der Waals surface area contributed by atoms with Crippen LogP contribution in [0.25, 0.3) is 0 Å². The SMILES string of the molecule is CC(C)CNC(=O)[C@@H](Cc1ccccc1)N(Cc1c(Cl)cccc1Cl)C(=O)CN(c1cccc(F)c1)S(C)(=O)=O. The average molecular weight is 609 g/mol. The van der Waals surface area contributed by atoms with Crippen molar-refractivity contribution in [2.45, 2.75) is 32.9 Å². The van der Waals surface area contributed by atoms with Crippen LogP contribution in [0.4, 0.5) is 10.1 Å². The Morgan fingerprint density at radius 2 is 1.57 bits per heavy atom. The molecule has 0 radical (unpaired) electrons. The number of anilines is 1. The van der Waals surface area contributed by atoms with Crippen molar-refractivity contribution in [3.63, 3.8) is 0 Å². The van der Waals surface area contributed by atoms with Crippen molar-refractivity contribution in [3.05, 3.63) is 99.8 Å². The van der Waals surface area contributed by atoms with Gasteiger partial charge in [0.1, 0.15) is 18.4 Å². The van der Waals surface area contributed by atoms with Gasteiger partial charge in [0.2, 0.25) is 21.8 Å². The summed E-state index contributed by atoms with van der Waals surface area (Å²) in [6.45, 7) is 3.43. The third-order valence-electron chi connectivity index (χ3n) is 6.12. The van der Waals surface area contributed by atoms with Gasteiger partial charge in [0.25, 0.3) is 0 Å². The fourth-order valence-corrected chi connectivity index (χ4v) is 5.43. The summed E-state index contributed by atoms with van der Waals surface area (Å²) in [5, 5.41) is 3.47. The lowest BCUT2D eigenvalue weighted by molar-refractivity contribution is -0.140. The lowest BCUT2D eigenvalue weighted by Crippen LogP contribution is -2.53. The molecule has 0 saturated heterocycles. The highest BCUT2D eigenvalue weighted by Crippen LogP contribution is 2.28. The number of carbonyl (C=O) groups is 2. The Balaban J connectivity index is 2.09. The van der Waals surface area contributed by atoms with Crippen molar-refractivity contribution in [2.24, 2.45) is 5.92 Å². The molecular weight excluding hydrogens is 576 g/mol. The molecule has 0 aliphatic rings. The van der Waals surface area contributed by atoms with Crippen molar-refractivity contribution >= 4 is 50.7 Å². The molecule has 1 N–H and O–H groups in total. The topological polar surface area (TPSA) is 86.8 Å². The van der Waals surface area contributed by atoms with E-state index in [0.29, 0.717) is 12.1 Å². The van der Waals surface area contributed by atoms with Crippen LogP contribution in [-0.4, -0.2) is 50.5 Å². The second-order valence-corrected chi connectivity index (χ2v) is 12.5. The number of rotatable bonds is 12. The Morgan fingerprint density at radius 3 is 2.15 bits per heavy atom. The summed E-state index contributed by atoms with van der Waals surface area (Å²) in [6.07, 6.45) is 1.08. The van der Waals surface area contributed by atoms with Gasteiger partial charge in [-0.3, -0.25) is 13.9 Å². The number of amides is 2. The van der Waals surface area contributed by atoms with Crippen LogP contribution in [0, 0.1) is 11.7 Å². The van der Waals surface area contributed by atoms with Gasteiger partial charge in [0.05, 0.1) is 11.9 Å². The van der Waals surface area contributed by atoms with E-state index in [1.807, 2.05) is 44.2 Å². The minimum atomic E-state index is -4.01. The first-order chi connectivity index (χ1) is 18.9. The minimum Gasteiger partial charge on any atom is -0.354 e. The standard InChI is InChI=1S/C29H32Cl2FN3O4S/c1-20(2)17-33-29(37)27(15-21-9-5-4-6-10-21)34(18-24-25(30)13-8-14-26(24)31)28(36)19-35(40(3,38)39)23-12-7-11-22(32)16-23/h4-14,16,20,27H,15,17-19H2,1-3H3,(H,33,37)/t27-/m1/s1. The molecule has 3 aromatic carbocycles. The lowest BCUT2D eigenvalue weighted by Gasteiger charge is -2.34. The predicted molar refractivity (Wildman–Crippen MR) is 157 cm³/mol. The molecule has 0 bridgehead atoms. The normalized spacial score (nSPS) is 12.2. The van der Waals surface area contributed by atoms with Crippen LogP contribution in [0.15, 0.2) is 72.8 Å². The van der Waals surface area contributed by atoms with Crippen LogP contribution in [-0.2, 0) is 32.6 Å². The largest absolute Gasteiger partial charge is 0.354 e. The lowest BCUT2D eigenvalue weighted by atomic mass is 10.0. The van der Waals surface area contributed by atoms with E-state index in [9.17, 15) is 22.4 Å². The van der Waals surface area contributed by atoms with Gasteiger partial charge in [-0.1, -0.05) is 79.5 Å². The smallest absolute Gasteiger partial charge is 0.244 e.